The van der Waals surface area contributed by atoms with E-state index in [4.69, 9.17) is 11.6 Å². The number of rotatable bonds is 4. The van der Waals surface area contributed by atoms with Crippen LogP contribution < -0.4 is 5.32 Å². The molecule has 0 spiro atoms. The van der Waals surface area contributed by atoms with Gasteiger partial charge in [0.05, 0.1) is 4.34 Å². The number of likely N-dealkylation sites (tertiary alicyclic amines) is 1. The minimum atomic E-state index is 0.513. The first-order chi connectivity index (χ1) is 8.22. The molecule has 4 heteroatoms. The molecular weight excluding hydrogens is 252 g/mol. The Hall–Kier alpha value is -0.0900. The van der Waals surface area contributed by atoms with Gasteiger partial charge in [-0.2, -0.15) is 0 Å². The fourth-order valence-electron chi connectivity index (χ4n) is 2.59. The Bertz CT molecular complexity index is 389. The minimum absolute atomic E-state index is 0.513. The maximum atomic E-state index is 6.00. The zero-order chi connectivity index (χ0) is 11.8. The van der Waals surface area contributed by atoms with Crippen LogP contribution in [0.25, 0.3) is 0 Å². The van der Waals surface area contributed by atoms with Crippen LogP contribution in [0.1, 0.15) is 37.1 Å². The van der Waals surface area contributed by atoms with E-state index in [1.165, 1.54) is 37.2 Å². The number of hydrogen-bond donors (Lipinski definition) is 1. The molecule has 0 aromatic carbocycles. The monoisotopic (exact) mass is 270 g/mol. The second kappa shape index (κ2) is 4.88. The molecule has 17 heavy (non-hydrogen) atoms. The van der Waals surface area contributed by atoms with E-state index in [9.17, 15) is 0 Å². The van der Waals surface area contributed by atoms with Gasteiger partial charge in [0.15, 0.2) is 0 Å². The average Bonchev–Trinajstić information content (AvgIpc) is 2.83. The van der Waals surface area contributed by atoms with Crippen molar-refractivity contribution in [1.29, 1.82) is 0 Å². The topological polar surface area (TPSA) is 15.3 Å². The van der Waals surface area contributed by atoms with Gasteiger partial charge in [0.1, 0.15) is 0 Å². The van der Waals surface area contributed by atoms with Crippen molar-refractivity contribution >= 4 is 22.9 Å². The summed E-state index contributed by atoms with van der Waals surface area (Å²) in [5.74, 6) is 0. The molecule has 94 valence electrons. The molecule has 1 aliphatic heterocycles. The van der Waals surface area contributed by atoms with E-state index in [2.05, 4.69) is 23.2 Å². The predicted molar refractivity (Wildman–Crippen MR) is 73.9 cm³/mol. The summed E-state index contributed by atoms with van der Waals surface area (Å²) in [6.07, 6.45) is 4.05. The summed E-state index contributed by atoms with van der Waals surface area (Å²) in [5, 5.41) is 3.73. The van der Waals surface area contributed by atoms with Crippen LogP contribution in [0.3, 0.4) is 0 Å². The van der Waals surface area contributed by atoms with Gasteiger partial charge in [-0.05, 0) is 38.3 Å². The molecule has 1 aromatic rings. The normalized spacial score (nSPS) is 27.5. The van der Waals surface area contributed by atoms with Gasteiger partial charge in [-0.25, -0.2) is 0 Å². The van der Waals surface area contributed by atoms with Crippen LogP contribution in [0.4, 0.5) is 0 Å². The molecule has 3 rings (SSSR count). The highest BCUT2D eigenvalue weighted by Gasteiger charge is 2.31. The Morgan fingerprint density at radius 3 is 2.82 bits per heavy atom. The SMILES string of the molecule is CC(c1ccc(Cl)s1)N1CCC(NC2CC2)C1. The molecule has 2 atom stereocenters. The number of thiophene rings is 1. The lowest BCUT2D eigenvalue weighted by molar-refractivity contribution is 0.259. The molecule has 2 fully saturated rings. The van der Waals surface area contributed by atoms with Gasteiger partial charge in [-0.15, -0.1) is 11.3 Å². The molecule has 1 saturated heterocycles. The quantitative estimate of drug-likeness (QED) is 0.903. The van der Waals surface area contributed by atoms with Gasteiger partial charge in [0.25, 0.3) is 0 Å². The Balaban J connectivity index is 1.57. The van der Waals surface area contributed by atoms with Crippen molar-refractivity contribution < 1.29 is 0 Å². The third kappa shape index (κ3) is 2.84. The first-order valence-electron chi connectivity index (χ1n) is 6.47. The van der Waals surface area contributed by atoms with E-state index < -0.39 is 0 Å². The van der Waals surface area contributed by atoms with E-state index in [1.807, 2.05) is 6.07 Å². The lowest BCUT2D eigenvalue weighted by Gasteiger charge is -2.23. The van der Waals surface area contributed by atoms with Gasteiger partial charge < -0.3 is 5.32 Å². The van der Waals surface area contributed by atoms with E-state index >= 15 is 0 Å². The fraction of sp³-hybridized carbons (Fsp3) is 0.692. The highest BCUT2D eigenvalue weighted by Crippen LogP contribution is 2.32. The van der Waals surface area contributed by atoms with Crippen LogP contribution in [0.5, 0.6) is 0 Å². The molecule has 0 amide bonds. The van der Waals surface area contributed by atoms with Crippen LogP contribution in [0.15, 0.2) is 12.1 Å². The lowest BCUT2D eigenvalue weighted by atomic mass is 10.2. The Labute approximate surface area is 112 Å². The fourth-order valence-corrected chi connectivity index (χ4v) is 3.74. The molecule has 2 nitrogen and oxygen atoms in total. The van der Waals surface area contributed by atoms with Crippen molar-refractivity contribution in [1.82, 2.24) is 10.2 Å². The highest BCUT2D eigenvalue weighted by atomic mass is 35.5. The van der Waals surface area contributed by atoms with Crippen LogP contribution in [-0.4, -0.2) is 30.1 Å². The molecule has 2 heterocycles. The van der Waals surface area contributed by atoms with Crippen LogP contribution >= 0.6 is 22.9 Å². The largest absolute Gasteiger partial charge is 0.310 e. The number of nitrogens with one attached hydrogen (secondary N) is 1. The zero-order valence-corrected chi connectivity index (χ0v) is 11.7. The molecule has 2 unspecified atom stereocenters. The molecule has 1 aliphatic carbocycles. The van der Waals surface area contributed by atoms with Gasteiger partial charge in [0.2, 0.25) is 0 Å². The number of halogens is 1. The third-order valence-electron chi connectivity index (χ3n) is 3.82. The summed E-state index contributed by atoms with van der Waals surface area (Å²) in [6.45, 7) is 4.69. The van der Waals surface area contributed by atoms with Crippen molar-refractivity contribution in [2.75, 3.05) is 13.1 Å². The maximum absolute atomic E-state index is 6.00. The van der Waals surface area contributed by atoms with E-state index in [0.29, 0.717) is 12.1 Å². The Kier molecular flexibility index (Phi) is 3.44. The van der Waals surface area contributed by atoms with E-state index in [-0.39, 0.29) is 0 Å². The van der Waals surface area contributed by atoms with Crippen molar-refractivity contribution in [2.45, 2.75) is 44.3 Å². The van der Waals surface area contributed by atoms with Crippen molar-refractivity contribution in [2.24, 2.45) is 0 Å². The molecule has 1 aromatic heterocycles. The smallest absolute Gasteiger partial charge is 0.0931 e. The minimum Gasteiger partial charge on any atom is -0.310 e. The molecular formula is C13H19ClN2S. The predicted octanol–water partition coefficient (Wildman–Crippen LogP) is 3.29. The van der Waals surface area contributed by atoms with Crippen molar-refractivity contribution in [3.63, 3.8) is 0 Å². The van der Waals surface area contributed by atoms with Gasteiger partial charge in [0, 0.05) is 36.1 Å². The summed E-state index contributed by atoms with van der Waals surface area (Å²) >= 11 is 7.72. The molecule has 0 bridgehead atoms. The third-order valence-corrected chi connectivity index (χ3v) is 5.22. The van der Waals surface area contributed by atoms with Crippen LogP contribution in [-0.2, 0) is 0 Å². The molecule has 0 radical (unpaired) electrons. The molecule has 1 N–H and O–H groups in total. The van der Waals surface area contributed by atoms with E-state index in [0.717, 1.165) is 10.4 Å². The summed E-state index contributed by atoms with van der Waals surface area (Å²) in [4.78, 5) is 3.96. The van der Waals surface area contributed by atoms with E-state index in [1.54, 1.807) is 11.3 Å². The van der Waals surface area contributed by atoms with Gasteiger partial charge >= 0.3 is 0 Å². The van der Waals surface area contributed by atoms with Crippen molar-refractivity contribution in [3.8, 4) is 0 Å². The number of hydrogen-bond acceptors (Lipinski definition) is 3. The summed E-state index contributed by atoms with van der Waals surface area (Å²) in [7, 11) is 0. The molecule has 1 saturated carbocycles. The second-order valence-electron chi connectivity index (χ2n) is 5.24. The Morgan fingerprint density at radius 2 is 2.18 bits per heavy atom. The first-order valence-corrected chi connectivity index (χ1v) is 7.67. The Morgan fingerprint density at radius 1 is 1.35 bits per heavy atom. The first kappa shape index (κ1) is 12.0. The van der Waals surface area contributed by atoms with Crippen molar-refractivity contribution in [3.05, 3.63) is 21.3 Å². The van der Waals surface area contributed by atoms with Gasteiger partial charge in [-0.1, -0.05) is 11.6 Å². The summed E-state index contributed by atoms with van der Waals surface area (Å²) < 4.78 is 0.902. The lowest BCUT2D eigenvalue weighted by Crippen LogP contribution is -2.34. The highest BCUT2D eigenvalue weighted by molar-refractivity contribution is 7.16. The standard InChI is InChI=1S/C13H19ClN2S/c1-9(12-4-5-13(14)17-12)16-7-6-11(8-16)15-10-2-3-10/h4-5,9-11,15H,2-3,6-8H2,1H3. The summed E-state index contributed by atoms with van der Waals surface area (Å²) in [6, 6.07) is 6.22. The number of nitrogens with zero attached hydrogens (tertiary/aromatic N) is 1. The summed E-state index contributed by atoms with van der Waals surface area (Å²) in [5.41, 5.74) is 0. The molecule has 2 aliphatic rings. The zero-order valence-electron chi connectivity index (χ0n) is 10.2. The van der Waals surface area contributed by atoms with Crippen LogP contribution in [0, 0.1) is 0 Å². The second-order valence-corrected chi connectivity index (χ2v) is 6.99. The maximum Gasteiger partial charge on any atom is 0.0931 e. The van der Waals surface area contributed by atoms with Crippen LogP contribution in [0.2, 0.25) is 4.34 Å². The van der Waals surface area contributed by atoms with Gasteiger partial charge in [-0.3, -0.25) is 4.90 Å². The average molecular weight is 271 g/mol.